The first-order valence-corrected chi connectivity index (χ1v) is 63.3. The molecule has 13 rings (SSSR count). The molecule has 0 aromatic rings. The average Bonchev–Trinajstić information content (AvgIpc) is 1.01. The van der Waals surface area contributed by atoms with E-state index in [1.165, 1.54) is 355 Å². The Morgan fingerprint density at radius 3 is 0.866 bits per heavy atom. The second-order valence-corrected chi connectivity index (χ2v) is 61.6. The van der Waals surface area contributed by atoms with Gasteiger partial charge in [0.05, 0.1) is 272 Å². The van der Waals surface area contributed by atoms with Gasteiger partial charge in [0, 0.05) is 74.0 Å². The molecule has 142 heavy (non-hydrogen) atoms. The van der Waals surface area contributed by atoms with Gasteiger partial charge in [0.25, 0.3) is 0 Å². The zero-order chi connectivity index (χ0) is 110. The second kappa shape index (κ2) is 58.9. The van der Waals surface area contributed by atoms with Crippen LogP contribution in [-0.4, -0.2) is 317 Å². The van der Waals surface area contributed by atoms with E-state index in [2.05, 4.69) is 375 Å². The van der Waals surface area contributed by atoms with Crippen molar-refractivity contribution < 1.29 is 49.7 Å². The van der Waals surface area contributed by atoms with Crippen LogP contribution in [0.2, 0.25) is 0 Å². The van der Waals surface area contributed by atoms with Gasteiger partial charge in [0.1, 0.15) is 0 Å². The van der Waals surface area contributed by atoms with Crippen molar-refractivity contribution in [1.29, 1.82) is 0 Å². The maximum Gasteiger partial charge on any atom is 0.0941 e. The molecule has 13 heterocycles. The Balaban J connectivity index is 0.000000530. The smallest absolute Gasteiger partial charge is 0.0941 e. The van der Waals surface area contributed by atoms with Crippen LogP contribution in [0.3, 0.4) is 0 Å². The van der Waals surface area contributed by atoms with Crippen molar-refractivity contribution in [1.82, 2.24) is 0 Å². The van der Waals surface area contributed by atoms with Crippen molar-refractivity contribution >= 4 is 0 Å². The summed E-state index contributed by atoms with van der Waals surface area (Å²) >= 11 is 0. The van der Waals surface area contributed by atoms with Gasteiger partial charge in [-0.15, -0.1) is 0 Å². The Morgan fingerprint density at radius 1 is 0.282 bits per heavy atom. The summed E-state index contributed by atoms with van der Waals surface area (Å²) in [6.07, 6.45) is 50.0. The summed E-state index contributed by atoms with van der Waals surface area (Å²) in [5.41, 5.74) is 2.49. The molecular formula is C131H282N11+11. The maximum atomic E-state index is 2.52. The van der Waals surface area contributed by atoms with Crippen LogP contribution in [0.4, 0.5) is 0 Å². The van der Waals surface area contributed by atoms with E-state index in [9.17, 15) is 0 Å². The summed E-state index contributed by atoms with van der Waals surface area (Å²) in [4.78, 5) is 1.85. The summed E-state index contributed by atoms with van der Waals surface area (Å²) in [5, 5.41) is 0. The van der Waals surface area contributed by atoms with Gasteiger partial charge >= 0.3 is 0 Å². The first kappa shape index (κ1) is 138. The molecule has 13 aliphatic rings. The first-order valence-electron chi connectivity index (χ1n) is 63.3. The normalized spacial score (nSPS) is 33.4. The summed E-state index contributed by atoms with van der Waals surface area (Å²) in [6, 6.07) is 14.5. The average molecular weight is 2010 g/mol. The Hall–Kier alpha value is -0.440. The van der Waals surface area contributed by atoms with Gasteiger partial charge in [-0.1, -0.05) is 90.0 Å². The fourth-order valence-electron chi connectivity index (χ4n) is 32.4. The molecule has 0 amide bonds. The third kappa shape index (κ3) is 36.6. The molecule has 0 aromatic heterocycles. The molecule has 8 unspecified atom stereocenters. The fourth-order valence-corrected chi connectivity index (χ4v) is 32.4. The lowest BCUT2D eigenvalue weighted by atomic mass is 9.70. The Morgan fingerprint density at radius 2 is 0.599 bits per heavy atom. The molecule has 0 radical (unpaired) electrons. The molecule has 0 saturated carbocycles. The standard InChI is InChI=1S/C17H36N.C15H32N.C14H30N.C13H28N.C12H26N.C11H24N.C10H20N.2C10H22N.C10H21N.C9H20N/c1-13(2)18(9)14(16(3,4)5)11-10-12-15(18)17(6,7)8;1-11(2)14-9-8-10-15(12(3)4)16(14,7)13(5)6;1-12(2)15(7)13(3,4)10-8-9-11-14(15,5)6;1-11(2)14(7)12(3,4)9-8-10-13(14,5)6;1-9(2)13(6)11(4)7-10(3)8-12(13)5;1-4-12(11(2)3)9-7-5-6-8-10-12;1-9(2)11-6-3-10(4-7-11)5-8-11;1-9(2)11(4)7-5-10(3)6-8-11;1-10(2)11(3)8-6-4-5-7-9-11;1-4-10-7-5-6-8-11(10)9(2)3;1-9(2)10(3)7-5-4-6-8-10/h13-15H,10-12H2,1-9H3;11-15H,8-10H2,1-7H3;12H,8-11H2,1-7H3;11H,8-10H2,1-7H3;9-12H,7-8H2,1-6H3;11H,4-10H2,1-3H3;9-10H,3-8H2,1-2H3;9-10H,5-8H2,1-4H3;10H,4-9H2,1-3H3;9-10H,4-8H2,1-3H3;9H,4-8H2,1-3H3/q9*+1;;+1/p+1. The predicted molar refractivity (Wildman–Crippen MR) is 638 cm³/mol. The fraction of sp³-hybridized carbons (Fsp3) is 1.00. The monoisotopic (exact) mass is 2010 g/mol. The zero-order valence-electron chi connectivity index (χ0n) is 109. The molecule has 2 bridgehead atoms. The quantitative estimate of drug-likeness (QED) is 0.156. The molecule has 8 atom stereocenters. The highest BCUT2D eigenvalue weighted by atomic mass is 15.5. The number of quaternary nitrogens is 11. The first-order chi connectivity index (χ1) is 65.0. The number of hydrogen-bond acceptors (Lipinski definition) is 0. The molecule has 850 valence electrons. The van der Waals surface area contributed by atoms with Crippen LogP contribution >= 0.6 is 0 Å². The van der Waals surface area contributed by atoms with Crippen molar-refractivity contribution in [2.75, 3.05) is 141 Å². The number of nitrogens with one attached hydrogen (secondary N) is 1. The molecule has 0 aliphatic carbocycles. The summed E-state index contributed by atoms with van der Waals surface area (Å²) < 4.78 is 13.0. The van der Waals surface area contributed by atoms with E-state index in [4.69, 9.17) is 0 Å². The van der Waals surface area contributed by atoms with Crippen molar-refractivity contribution in [3.05, 3.63) is 0 Å². The highest BCUT2D eigenvalue weighted by molar-refractivity contribution is 4.91. The molecule has 13 aliphatic heterocycles. The van der Waals surface area contributed by atoms with Crippen molar-refractivity contribution in [3.63, 3.8) is 0 Å². The molecule has 11 nitrogen and oxygen atoms in total. The number of rotatable bonds is 15. The van der Waals surface area contributed by atoms with Crippen LogP contribution in [0.5, 0.6) is 0 Å². The second-order valence-electron chi connectivity index (χ2n) is 61.6. The number of nitrogens with zero attached hydrogens (tertiary/aromatic N) is 10. The zero-order valence-corrected chi connectivity index (χ0v) is 109. The van der Waals surface area contributed by atoms with E-state index in [1.54, 1.807) is 0 Å². The van der Waals surface area contributed by atoms with Crippen molar-refractivity contribution in [2.24, 2.45) is 40.4 Å². The van der Waals surface area contributed by atoms with E-state index in [0.717, 1.165) is 120 Å². The molecule has 11 heteroatoms. The van der Waals surface area contributed by atoms with Gasteiger partial charge in [-0.05, 0) is 420 Å². The van der Waals surface area contributed by atoms with E-state index >= 15 is 0 Å². The minimum atomic E-state index is 0.406. The Kier molecular flexibility index (Phi) is 57.1. The topological polar surface area (TPSA) is 4.44 Å². The van der Waals surface area contributed by atoms with Gasteiger partial charge in [-0.25, -0.2) is 0 Å². The van der Waals surface area contributed by atoms with Gasteiger partial charge in [0.15, 0.2) is 0 Å². The van der Waals surface area contributed by atoms with Crippen LogP contribution < -0.4 is 4.90 Å². The number of piperidine rings is 10. The predicted octanol–water partition coefficient (Wildman–Crippen LogP) is 32.3. The molecule has 1 N–H and O–H groups in total. The Bertz CT molecular complexity index is 3190. The highest BCUT2D eigenvalue weighted by Gasteiger charge is 2.58. The minimum Gasteiger partial charge on any atom is -0.331 e. The molecular weight excluding hydrogens is 1730 g/mol. The minimum absolute atomic E-state index is 0.406. The molecule has 13 fully saturated rings. The van der Waals surface area contributed by atoms with Gasteiger partial charge < -0.3 is 49.7 Å². The SMILES string of the molecule is CC(C)C1CCCC(C(C)C)[N+]1(C)C(C)C.CC(C)[N+]1(C)C(C(C)(C)C)CCCC1C(C)(C)C.CC(C)[N+]1(C)C(C)(C)CCCC1(C)C.CC(C)[N+]1(C)C(C)(C)CCCCC1(C)C.CC(C)[N+]1(C)CCCCC1.CC(C)[N+]1(C)CCCCCC1.CC(C)[N+]12CCC(CC1)CC2.CC1CC(C)[N+](C)(C(C)C)C(C)C1.CC1CC[N+](C)(C(C)C)CC1.CCC1CCCC[NH+]1C(C)C.CC[N+]1(C(C)C)CCCCCC1. The van der Waals surface area contributed by atoms with E-state index in [-0.39, 0.29) is 0 Å². The van der Waals surface area contributed by atoms with E-state index in [0.29, 0.717) is 51.1 Å². The van der Waals surface area contributed by atoms with Crippen LogP contribution in [0.15, 0.2) is 0 Å². The lowest BCUT2D eigenvalue weighted by molar-refractivity contribution is -1.02. The molecule has 0 aromatic carbocycles. The molecule has 0 spiro atoms. The lowest BCUT2D eigenvalue weighted by Crippen LogP contribution is -3.19. The van der Waals surface area contributed by atoms with Crippen LogP contribution in [0, 0.1) is 40.4 Å². The van der Waals surface area contributed by atoms with Crippen LogP contribution in [0.1, 0.15) is 543 Å². The molecule has 13 saturated heterocycles. The number of fused-ring (bicyclic) bond motifs is 3. The van der Waals surface area contributed by atoms with Crippen LogP contribution in [-0.2, 0) is 0 Å². The lowest BCUT2D eigenvalue weighted by Gasteiger charge is -2.62. The third-order valence-electron chi connectivity index (χ3n) is 46.2. The van der Waals surface area contributed by atoms with Gasteiger partial charge in [-0.2, -0.15) is 0 Å². The number of hydrogen-bond donors (Lipinski definition) is 1. The van der Waals surface area contributed by atoms with Crippen molar-refractivity contribution in [3.8, 4) is 0 Å². The third-order valence-corrected chi connectivity index (χ3v) is 46.2. The number of likely N-dealkylation sites (tertiary alicyclic amines) is 10. The highest BCUT2D eigenvalue weighted by Crippen LogP contribution is 2.50. The van der Waals surface area contributed by atoms with Gasteiger partial charge in [0.2, 0.25) is 0 Å². The summed E-state index contributed by atoms with van der Waals surface area (Å²) in [7, 11) is 19.6. The van der Waals surface area contributed by atoms with E-state index < -0.39 is 0 Å². The maximum absolute atomic E-state index is 2.52. The largest absolute Gasteiger partial charge is 0.331 e. The van der Waals surface area contributed by atoms with Gasteiger partial charge in [-0.3, -0.25) is 0 Å². The van der Waals surface area contributed by atoms with Crippen LogP contribution in [0.25, 0.3) is 0 Å². The Labute approximate surface area is 900 Å². The summed E-state index contributed by atoms with van der Waals surface area (Å²) in [5.74, 6) is 4.63. The van der Waals surface area contributed by atoms with Crippen molar-refractivity contribution in [2.45, 2.75) is 674 Å². The van der Waals surface area contributed by atoms with E-state index in [1.807, 2.05) is 4.90 Å². The summed E-state index contributed by atoms with van der Waals surface area (Å²) in [6.45, 7) is 129.